The average Bonchev–Trinajstić information content (AvgIpc) is 3.04. The van der Waals surface area contributed by atoms with Gasteiger partial charge in [0.2, 0.25) is 0 Å². The van der Waals surface area contributed by atoms with Gasteiger partial charge in [0.1, 0.15) is 11.4 Å². The number of imidazole rings is 1. The second-order valence-electron chi connectivity index (χ2n) is 7.87. The quantitative estimate of drug-likeness (QED) is 0.729. The lowest BCUT2D eigenvalue weighted by Crippen LogP contribution is -2.39. The fraction of sp³-hybridized carbons (Fsp3) is 0.429. The first-order chi connectivity index (χ1) is 13.2. The van der Waals surface area contributed by atoms with Crippen molar-refractivity contribution in [3.63, 3.8) is 0 Å². The summed E-state index contributed by atoms with van der Waals surface area (Å²) in [5.41, 5.74) is 1.02. The number of aryl methyl sites for hydroxylation is 1. The minimum Gasteiger partial charge on any atom is -0.451 e. The number of para-hydroxylation sites is 1. The molecule has 1 atom stereocenters. The number of piperidine rings is 1. The molecule has 0 bridgehead atoms. The number of halogens is 1. The molecule has 1 unspecified atom stereocenters. The first-order valence-corrected chi connectivity index (χ1v) is 9.63. The molecule has 1 spiro atoms. The van der Waals surface area contributed by atoms with Crippen LogP contribution >= 0.6 is 12.4 Å². The van der Waals surface area contributed by atoms with E-state index in [1.807, 2.05) is 53.0 Å². The second kappa shape index (κ2) is 7.26. The van der Waals surface area contributed by atoms with Crippen molar-refractivity contribution in [1.82, 2.24) is 19.8 Å². The number of hydrogen-bond donors (Lipinski definition) is 1. The molecule has 2 aliphatic rings. The molecule has 5 rings (SSSR count). The molecule has 1 aliphatic heterocycles. The molecule has 2 fully saturated rings. The Kier molecular flexibility index (Phi) is 4.93. The van der Waals surface area contributed by atoms with Crippen LogP contribution in [0.25, 0.3) is 11.0 Å². The lowest BCUT2D eigenvalue weighted by atomic mass is 9.93. The molecular formula is C21H25ClN4O2. The van der Waals surface area contributed by atoms with Crippen molar-refractivity contribution in [2.24, 2.45) is 12.5 Å². The van der Waals surface area contributed by atoms with E-state index in [0.29, 0.717) is 12.3 Å². The van der Waals surface area contributed by atoms with Gasteiger partial charge in [0.05, 0.1) is 6.54 Å². The molecular weight excluding hydrogens is 376 g/mol. The summed E-state index contributed by atoms with van der Waals surface area (Å²) >= 11 is 0. The number of fused-ring (bicyclic) bond motifs is 1. The maximum absolute atomic E-state index is 13.4. The number of benzene rings is 1. The van der Waals surface area contributed by atoms with Crippen LogP contribution in [0.4, 0.5) is 0 Å². The van der Waals surface area contributed by atoms with Gasteiger partial charge >= 0.3 is 0 Å². The lowest BCUT2D eigenvalue weighted by molar-refractivity contribution is 0.0655. The standard InChI is InChI=1S/C21H24N4O2.ClH/c1-24-11-10-23-19(24)14-25(18-13-21(18)6-8-22-9-7-21)20(26)17-12-15-4-2-3-5-16(15)27-17;/h2-5,10-12,18,22H,6-9,13-14H2,1H3;1H. The molecule has 7 heteroatoms. The van der Waals surface area contributed by atoms with Gasteiger partial charge in [-0.15, -0.1) is 12.4 Å². The van der Waals surface area contributed by atoms with Crippen molar-refractivity contribution < 1.29 is 9.21 Å². The van der Waals surface area contributed by atoms with Crippen molar-refractivity contribution in [3.05, 3.63) is 54.3 Å². The summed E-state index contributed by atoms with van der Waals surface area (Å²) in [6.45, 7) is 2.58. The van der Waals surface area contributed by atoms with Crippen molar-refractivity contribution in [3.8, 4) is 0 Å². The van der Waals surface area contributed by atoms with Gasteiger partial charge in [-0.25, -0.2) is 4.98 Å². The third-order valence-electron chi connectivity index (χ3n) is 6.25. The lowest BCUT2D eigenvalue weighted by Gasteiger charge is -2.29. The smallest absolute Gasteiger partial charge is 0.290 e. The topological polar surface area (TPSA) is 63.3 Å². The average molecular weight is 401 g/mol. The van der Waals surface area contributed by atoms with Crippen LogP contribution < -0.4 is 5.32 Å². The van der Waals surface area contributed by atoms with Gasteiger partial charge in [-0.05, 0) is 49.9 Å². The Hall–Kier alpha value is -2.31. The van der Waals surface area contributed by atoms with Crippen LogP contribution in [0.3, 0.4) is 0 Å². The number of hydrogen-bond acceptors (Lipinski definition) is 4. The van der Waals surface area contributed by atoms with E-state index in [9.17, 15) is 4.79 Å². The van der Waals surface area contributed by atoms with Crippen LogP contribution in [0.1, 0.15) is 35.6 Å². The Balaban J connectivity index is 0.00000192. The summed E-state index contributed by atoms with van der Waals surface area (Å²) in [6, 6.07) is 9.89. The third-order valence-corrected chi connectivity index (χ3v) is 6.25. The highest BCUT2D eigenvalue weighted by molar-refractivity contribution is 5.96. The summed E-state index contributed by atoms with van der Waals surface area (Å²) in [5.74, 6) is 1.28. The van der Waals surface area contributed by atoms with Gasteiger partial charge in [-0.2, -0.15) is 0 Å². The molecule has 6 nitrogen and oxygen atoms in total. The van der Waals surface area contributed by atoms with Gasteiger partial charge < -0.3 is 19.2 Å². The summed E-state index contributed by atoms with van der Waals surface area (Å²) in [4.78, 5) is 19.9. The molecule has 148 valence electrons. The zero-order chi connectivity index (χ0) is 18.4. The predicted molar refractivity (Wildman–Crippen MR) is 109 cm³/mol. The SMILES string of the molecule is Cl.Cn1ccnc1CN(C(=O)c1cc2ccccc2o1)C1CC12CCNCC2. The Bertz CT molecular complexity index is 956. The zero-order valence-electron chi connectivity index (χ0n) is 15.9. The molecule has 1 aliphatic carbocycles. The monoisotopic (exact) mass is 400 g/mol. The van der Waals surface area contributed by atoms with E-state index in [4.69, 9.17) is 4.42 Å². The van der Waals surface area contributed by atoms with Gasteiger partial charge in [-0.1, -0.05) is 18.2 Å². The number of carbonyl (C=O) groups is 1. The maximum Gasteiger partial charge on any atom is 0.290 e. The number of nitrogens with one attached hydrogen (secondary N) is 1. The van der Waals surface area contributed by atoms with Gasteiger partial charge in [-0.3, -0.25) is 4.79 Å². The summed E-state index contributed by atoms with van der Waals surface area (Å²) in [5, 5.41) is 4.40. The molecule has 3 heterocycles. The molecule has 0 radical (unpaired) electrons. The Morgan fingerprint density at radius 1 is 1.36 bits per heavy atom. The number of furan rings is 1. The minimum absolute atomic E-state index is 0. The normalized spacial score (nSPS) is 20.1. The van der Waals surface area contributed by atoms with E-state index < -0.39 is 0 Å². The predicted octanol–water partition coefficient (Wildman–Crippen LogP) is 3.37. The van der Waals surface area contributed by atoms with E-state index in [2.05, 4.69) is 10.3 Å². The van der Waals surface area contributed by atoms with Crippen molar-refractivity contribution in [1.29, 1.82) is 0 Å². The second-order valence-corrected chi connectivity index (χ2v) is 7.87. The molecule has 28 heavy (non-hydrogen) atoms. The van der Waals surface area contributed by atoms with E-state index in [0.717, 1.165) is 49.1 Å². The van der Waals surface area contributed by atoms with Crippen LogP contribution in [0.5, 0.6) is 0 Å². The number of aromatic nitrogens is 2. The summed E-state index contributed by atoms with van der Waals surface area (Å²) in [7, 11) is 1.97. The van der Waals surface area contributed by atoms with Crippen LogP contribution in [0.2, 0.25) is 0 Å². The molecule has 1 saturated carbocycles. The Labute approximate surface area is 170 Å². The van der Waals surface area contributed by atoms with Crippen LogP contribution in [0.15, 0.2) is 47.1 Å². The molecule has 1 amide bonds. The van der Waals surface area contributed by atoms with Crippen molar-refractivity contribution in [2.45, 2.75) is 31.8 Å². The number of rotatable bonds is 4. The van der Waals surface area contributed by atoms with Crippen molar-refractivity contribution >= 4 is 29.3 Å². The van der Waals surface area contributed by atoms with E-state index in [1.54, 1.807) is 6.20 Å². The van der Waals surface area contributed by atoms with Gasteiger partial charge in [0, 0.05) is 30.9 Å². The molecule has 1 aromatic carbocycles. The highest BCUT2D eigenvalue weighted by Gasteiger charge is 2.58. The fourth-order valence-electron chi connectivity index (χ4n) is 4.48. The molecule has 1 saturated heterocycles. The van der Waals surface area contributed by atoms with E-state index in [1.165, 1.54) is 0 Å². The molecule has 2 aromatic heterocycles. The Morgan fingerprint density at radius 3 is 2.86 bits per heavy atom. The molecule has 3 aromatic rings. The first kappa shape index (κ1) is 19.0. The number of amides is 1. The Morgan fingerprint density at radius 2 is 2.14 bits per heavy atom. The van der Waals surface area contributed by atoms with Gasteiger partial charge in [0.25, 0.3) is 5.91 Å². The number of carbonyl (C=O) groups excluding carboxylic acids is 1. The summed E-state index contributed by atoms with van der Waals surface area (Å²) in [6.07, 6.45) is 7.04. The van der Waals surface area contributed by atoms with Crippen LogP contribution in [-0.2, 0) is 13.6 Å². The first-order valence-electron chi connectivity index (χ1n) is 9.63. The highest BCUT2D eigenvalue weighted by Crippen LogP contribution is 2.56. The minimum atomic E-state index is -0.0328. The van der Waals surface area contributed by atoms with Crippen molar-refractivity contribution in [2.75, 3.05) is 13.1 Å². The fourth-order valence-corrected chi connectivity index (χ4v) is 4.48. The largest absolute Gasteiger partial charge is 0.451 e. The summed E-state index contributed by atoms with van der Waals surface area (Å²) < 4.78 is 7.87. The highest BCUT2D eigenvalue weighted by atomic mass is 35.5. The maximum atomic E-state index is 13.4. The van der Waals surface area contributed by atoms with E-state index in [-0.39, 0.29) is 29.8 Å². The molecule has 1 N–H and O–H groups in total. The van der Waals surface area contributed by atoms with Crippen LogP contribution in [-0.4, -0.2) is 39.5 Å². The van der Waals surface area contributed by atoms with Crippen LogP contribution in [0, 0.1) is 5.41 Å². The zero-order valence-corrected chi connectivity index (χ0v) is 16.7. The van der Waals surface area contributed by atoms with Gasteiger partial charge in [0.15, 0.2) is 5.76 Å². The third kappa shape index (κ3) is 3.20. The number of nitrogens with zero attached hydrogens (tertiary/aromatic N) is 3. The van der Waals surface area contributed by atoms with E-state index >= 15 is 0 Å².